The lowest BCUT2D eigenvalue weighted by molar-refractivity contribution is -0.122. The second-order valence-corrected chi connectivity index (χ2v) is 7.97. The predicted molar refractivity (Wildman–Crippen MR) is 130 cm³/mol. The molecule has 10 heteroatoms. The molecule has 3 aromatic rings. The third kappa shape index (κ3) is 6.41. The molecule has 1 heterocycles. The van der Waals surface area contributed by atoms with Crippen LogP contribution in [0.5, 0.6) is 0 Å². The smallest absolute Gasteiger partial charge is 0.331 e. The van der Waals surface area contributed by atoms with Gasteiger partial charge in [0.2, 0.25) is 0 Å². The Labute approximate surface area is 196 Å². The van der Waals surface area contributed by atoms with Crippen LogP contribution in [0.1, 0.15) is 26.2 Å². The van der Waals surface area contributed by atoms with Crippen LogP contribution in [-0.4, -0.2) is 25.4 Å². The molecule has 0 atom stereocenters. The van der Waals surface area contributed by atoms with Crippen LogP contribution < -0.4 is 21.9 Å². The van der Waals surface area contributed by atoms with Crippen LogP contribution in [0.25, 0.3) is 11.4 Å². The highest BCUT2D eigenvalue weighted by atomic mass is 35.5. The Kier molecular flexibility index (Phi) is 8.41. The van der Waals surface area contributed by atoms with Gasteiger partial charge in [0.1, 0.15) is 6.54 Å². The van der Waals surface area contributed by atoms with Gasteiger partial charge in [-0.3, -0.25) is 20.2 Å². The molecule has 3 N–H and O–H groups in total. The van der Waals surface area contributed by atoms with Crippen molar-refractivity contribution in [1.29, 1.82) is 0 Å². The van der Waals surface area contributed by atoms with Crippen molar-refractivity contribution >= 4 is 40.5 Å². The molecule has 0 aliphatic rings. The van der Waals surface area contributed by atoms with Crippen molar-refractivity contribution in [1.82, 2.24) is 25.2 Å². The second kappa shape index (κ2) is 11.4. The summed E-state index contributed by atoms with van der Waals surface area (Å²) in [7, 11) is 0. The van der Waals surface area contributed by atoms with E-state index in [1.165, 1.54) is 9.25 Å². The number of unbranched alkanes of at least 4 members (excludes halogenated alkanes) is 2. The van der Waals surface area contributed by atoms with Crippen molar-refractivity contribution in [2.24, 2.45) is 0 Å². The molecule has 0 aliphatic carbocycles. The lowest BCUT2D eigenvalue weighted by Crippen LogP contribution is -2.46. The maximum Gasteiger partial charge on any atom is 0.346 e. The summed E-state index contributed by atoms with van der Waals surface area (Å²) in [4.78, 5) is 25.5. The standard InChI is InChI=1S/C22H25ClN6O2S/c1-2-3-7-13-29-22(31)28(20(27-29)16-9-5-4-6-10-16)15-19(30)25-26-21(32)24-18-12-8-11-17(23)14-18/h4-6,8-12,14H,2-3,7,13,15H2,1H3,(H,25,30)(H2,24,26,32). The van der Waals surface area contributed by atoms with Crippen molar-refractivity contribution < 1.29 is 4.79 Å². The number of halogens is 1. The van der Waals surface area contributed by atoms with Crippen molar-refractivity contribution in [3.8, 4) is 11.4 Å². The first-order chi connectivity index (χ1) is 15.5. The molecule has 0 radical (unpaired) electrons. The Bertz CT molecular complexity index is 1130. The second-order valence-electron chi connectivity index (χ2n) is 7.13. The van der Waals surface area contributed by atoms with Crippen LogP contribution in [-0.2, 0) is 17.9 Å². The Morgan fingerprint density at radius 1 is 1.09 bits per heavy atom. The first-order valence-electron chi connectivity index (χ1n) is 10.3. The van der Waals surface area contributed by atoms with E-state index in [-0.39, 0.29) is 17.3 Å². The summed E-state index contributed by atoms with van der Waals surface area (Å²) >= 11 is 11.1. The van der Waals surface area contributed by atoms with Crippen LogP contribution in [0, 0.1) is 0 Å². The van der Waals surface area contributed by atoms with E-state index in [0.29, 0.717) is 23.1 Å². The molecule has 0 spiro atoms. The number of thiocarbonyl (C=S) groups is 1. The molecular weight excluding hydrogens is 448 g/mol. The summed E-state index contributed by atoms with van der Waals surface area (Å²) in [5.41, 5.74) is 6.26. The van der Waals surface area contributed by atoms with Crippen LogP contribution in [0.15, 0.2) is 59.4 Å². The molecule has 8 nitrogen and oxygen atoms in total. The van der Waals surface area contributed by atoms with Gasteiger partial charge in [0.15, 0.2) is 10.9 Å². The normalized spacial score (nSPS) is 10.6. The Balaban J connectivity index is 1.68. The van der Waals surface area contributed by atoms with E-state index in [1.807, 2.05) is 30.3 Å². The van der Waals surface area contributed by atoms with E-state index in [4.69, 9.17) is 23.8 Å². The number of carbonyl (C=O) groups is 1. The van der Waals surface area contributed by atoms with Gasteiger partial charge in [-0.25, -0.2) is 9.48 Å². The quantitative estimate of drug-likeness (QED) is 0.263. The average Bonchev–Trinajstić information content (AvgIpc) is 3.08. The van der Waals surface area contributed by atoms with E-state index in [9.17, 15) is 9.59 Å². The molecule has 1 aromatic heterocycles. The number of aryl methyl sites for hydroxylation is 1. The molecule has 0 fully saturated rings. The minimum atomic E-state index is -0.437. The van der Waals surface area contributed by atoms with Gasteiger partial charge >= 0.3 is 5.69 Å². The number of nitrogens with zero attached hydrogens (tertiary/aromatic N) is 3. The number of benzene rings is 2. The zero-order valence-electron chi connectivity index (χ0n) is 17.7. The molecular formula is C22H25ClN6O2S. The summed E-state index contributed by atoms with van der Waals surface area (Å²) in [5.74, 6) is 0.00881. The van der Waals surface area contributed by atoms with Crippen molar-refractivity contribution in [3.63, 3.8) is 0 Å². The zero-order chi connectivity index (χ0) is 22.9. The monoisotopic (exact) mass is 472 g/mol. The van der Waals surface area contributed by atoms with E-state index in [2.05, 4.69) is 28.2 Å². The van der Waals surface area contributed by atoms with Gasteiger partial charge in [-0.15, -0.1) is 5.10 Å². The van der Waals surface area contributed by atoms with Crippen molar-refractivity contribution in [2.75, 3.05) is 5.32 Å². The zero-order valence-corrected chi connectivity index (χ0v) is 19.2. The first kappa shape index (κ1) is 23.5. The highest BCUT2D eigenvalue weighted by molar-refractivity contribution is 7.80. The first-order valence-corrected chi connectivity index (χ1v) is 11.1. The van der Waals surface area contributed by atoms with Gasteiger partial charge in [-0.2, -0.15) is 0 Å². The highest BCUT2D eigenvalue weighted by Gasteiger charge is 2.17. The van der Waals surface area contributed by atoms with Gasteiger partial charge in [0, 0.05) is 22.8 Å². The third-order valence-electron chi connectivity index (χ3n) is 4.63. The minimum absolute atomic E-state index is 0.187. The van der Waals surface area contributed by atoms with Gasteiger partial charge in [-0.1, -0.05) is 67.8 Å². The van der Waals surface area contributed by atoms with E-state index < -0.39 is 5.91 Å². The van der Waals surface area contributed by atoms with Crippen LogP contribution >= 0.6 is 23.8 Å². The SMILES string of the molecule is CCCCCn1nc(-c2ccccc2)n(CC(=O)NNC(=S)Nc2cccc(Cl)c2)c1=O. The van der Waals surface area contributed by atoms with Crippen LogP contribution in [0.4, 0.5) is 5.69 Å². The van der Waals surface area contributed by atoms with E-state index in [1.54, 1.807) is 24.3 Å². The number of carbonyl (C=O) groups excluding carboxylic acids is 1. The molecule has 0 aliphatic heterocycles. The Hall–Kier alpha value is -3.17. The lowest BCUT2D eigenvalue weighted by Gasteiger charge is -2.12. The summed E-state index contributed by atoms with van der Waals surface area (Å²) in [5, 5.41) is 8.15. The number of hydrazine groups is 1. The Morgan fingerprint density at radius 3 is 2.59 bits per heavy atom. The molecule has 168 valence electrons. The Morgan fingerprint density at radius 2 is 1.88 bits per heavy atom. The molecule has 0 unspecified atom stereocenters. The number of nitrogens with one attached hydrogen (secondary N) is 3. The molecule has 0 bridgehead atoms. The highest BCUT2D eigenvalue weighted by Crippen LogP contribution is 2.16. The fraction of sp³-hybridized carbons (Fsp3) is 0.273. The topological polar surface area (TPSA) is 93.0 Å². The molecule has 0 saturated carbocycles. The minimum Gasteiger partial charge on any atom is -0.331 e. The van der Waals surface area contributed by atoms with Crippen LogP contribution in [0.3, 0.4) is 0 Å². The summed E-state index contributed by atoms with van der Waals surface area (Å²) < 4.78 is 2.79. The van der Waals surface area contributed by atoms with Gasteiger partial charge in [-0.05, 0) is 36.8 Å². The number of aromatic nitrogens is 3. The molecule has 2 aromatic carbocycles. The summed E-state index contributed by atoms with van der Waals surface area (Å²) in [6.45, 7) is 2.40. The molecule has 3 rings (SSSR count). The van der Waals surface area contributed by atoms with Gasteiger partial charge < -0.3 is 5.32 Å². The third-order valence-corrected chi connectivity index (χ3v) is 5.07. The van der Waals surface area contributed by atoms with Gasteiger partial charge in [0.25, 0.3) is 5.91 Å². The fourth-order valence-electron chi connectivity index (χ4n) is 3.08. The maximum atomic E-state index is 12.9. The number of hydrogen-bond acceptors (Lipinski definition) is 4. The number of rotatable bonds is 8. The predicted octanol–water partition coefficient (Wildman–Crippen LogP) is 3.57. The summed E-state index contributed by atoms with van der Waals surface area (Å²) in [6.07, 6.45) is 2.89. The number of hydrogen-bond donors (Lipinski definition) is 3. The molecule has 32 heavy (non-hydrogen) atoms. The van der Waals surface area contributed by atoms with Gasteiger partial charge in [0.05, 0.1) is 0 Å². The van der Waals surface area contributed by atoms with E-state index in [0.717, 1.165) is 24.8 Å². The van der Waals surface area contributed by atoms with E-state index >= 15 is 0 Å². The number of amides is 1. The maximum absolute atomic E-state index is 12.9. The molecule has 1 amide bonds. The van der Waals surface area contributed by atoms with Crippen molar-refractivity contribution in [2.45, 2.75) is 39.3 Å². The largest absolute Gasteiger partial charge is 0.346 e. The molecule has 0 saturated heterocycles. The lowest BCUT2D eigenvalue weighted by atomic mass is 10.2. The van der Waals surface area contributed by atoms with Crippen molar-refractivity contribution in [3.05, 3.63) is 70.1 Å². The fourth-order valence-corrected chi connectivity index (χ4v) is 3.44. The number of anilines is 1. The average molecular weight is 473 g/mol. The van der Waals surface area contributed by atoms with Crippen LogP contribution in [0.2, 0.25) is 5.02 Å². The summed E-state index contributed by atoms with van der Waals surface area (Å²) in [6, 6.07) is 16.3.